The average molecular weight is 312 g/mol. The van der Waals surface area contributed by atoms with Crippen molar-refractivity contribution in [2.45, 2.75) is 12.6 Å². The normalized spacial score (nSPS) is 12.6. The Bertz CT molecular complexity index is 501. The molecule has 0 bridgehead atoms. The standard InChI is InChI=1S/C11H14BrN5O/c1-18-3-2-17-11(9(12)6-16-17)10(13)8-4-14-7-15-5-8/h4-7,10H,2-3,13H2,1H3. The molecule has 96 valence electrons. The maximum absolute atomic E-state index is 6.22. The summed E-state index contributed by atoms with van der Waals surface area (Å²) in [4.78, 5) is 7.95. The van der Waals surface area contributed by atoms with Gasteiger partial charge in [0.25, 0.3) is 0 Å². The molecule has 0 aliphatic heterocycles. The fourth-order valence-electron chi connectivity index (χ4n) is 1.67. The molecule has 0 fully saturated rings. The van der Waals surface area contributed by atoms with E-state index in [0.29, 0.717) is 13.2 Å². The second-order valence-electron chi connectivity index (χ2n) is 3.74. The van der Waals surface area contributed by atoms with E-state index in [4.69, 9.17) is 10.5 Å². The maximum atomic E-state index is 6.22. The molecule has 18 heavy (non-hydrogen) atoms. The molecular formula is C11H14BrN5O. The fraction of sp³-hybridized carbons (Fsp3) is 0.364. The summed E-state index contributed by atoms with van der Waals surface area (Å²) in [5, 5.41) is 4.27. The van der Waals surface area contributed by atoms with E-state index in [1.165, 1.54) is 6.33 Å². The van der Waals surface area contributed by atoms with E-state index >= 15 is 0 Å². The van der Waals surface area contributed by atoms with Crippen molar-refractivity contribution in [1.82, 2.24) is 19.7 Å². The highest BCUT2D eigenvalue weighted by Gasteiger charge is 2.18. The summed E-state index contributed by atoms with van der Waals surface area (Å²) in [5.41, 5.74) is 7.96. The summed E-state index contributed by atoms with van der Waals surface area (Å²) in [6.45, 7) is 1.23. The smallest absolute Gasteiger partial charge is 0.115 e. The van der Waals surface area contributed by atoms with Gasteiger partial charge in [0, 0.05) is 25.1 Å². The van der Waals surface area contributed by atoms with Gasteiger partial charge in [-0.1, -0.05) is 0 Å². The molecule has 1 atom stereocenters. The number of ether oxygens (including phenoxy) is 1. The molecule has 1 unspecified atom stereocenters. The van der Waals surface area contributed by atoms with Crippen LogP contribution in [0.15, 0.2) is 29.4 Å². The van der Waals surface area contributed by atoms with Crippen molar-refractivity contribution < 1.29 is 4.74 Å². The van der Waals surface area contributed by atoms with Gasteiger partial charge in [0.15, 0.2) is 0 Å². The molecule has 2 N–H and O–H groups in total. The number of rotatable bonds is 5. The zero-order chi connectivity index (χ0) is 13.0. The molecule has 0 radical (unpaired) electrons. The molecule has 6 nitrogen and oxygen atoms in total. The molecule has 2 rings (SSSR count). The summed E-state index contributed by atoms with van der Waals surface area (Å²) in [6, 6.07) is -0.320. The highest BCUT2D eigenvalue weighted by Crippen LogP contribution is 2.25. The number of hydrogen-bond donors (Lipinski definition) is 1. The van der Waals surface area contributed by atoms with E-state index in [2.05, 4.69) is 31.0 Å². The zero-order valence-corrected chi connectivity index (χ0v) is 11.5. The van der Waals surface area contributed by atoms with Crippen molar-refractivity contribution in [2.24, 2.45) is 5.73 Å². The number of methoxy groups -OCH3 is 1. The van der Waals surface area contributed by atoms with Crippen molar-refractivity contribution in [2.75, 3.05) is 13.7 Å². The van der Waals surface area contributed by atoms with Crippen LogP contribution in [0.5, 0.6) is 0 Å². The Labute approximate surface area is 113 Å². The predicted molar refractivity (Wildman–Crippen MR) is 69.9 cm³/mol. The third-order valence-corrected chi connectivity index (χ3v) is 3.19. The molecule has 0 amide bonds. The van der Waals surface area contributed by atoms with Crippen LogP contribution in [0.4, 0.5) is 0 Å². The number of hydrogen-bond acceptors (Lipinski definition) is 5. The van der Waals surface area contributed by atoms with Gasteiger partial charge in [-0.25, -0.2) is 9.97 Å². The van der Waals surface area contributed by atoms with Gasteiger partial charge >= 0.3 is 0 Å². The molecule has 0 aliphatic rings. The van der Waals surface area contributed by atoms with E-state index in [9.17, 15) is 0 Å². The summed E-state index contributed by atoms with van der Waals surface area (Å²) in [5.74, 6) is 0. The molecule has 2 aromatic heterocycles. The molecular weight excluding hydrogens is 298 g/mol. The minimum Gasteiger partial charge on any atom is -0.383 e. The summed E-state index contributed by atoms with van der Waals surface area (Å²) >= 11 is 3.46. The van der Waals surface area contributed by atoms with Crippen LogP contribution in [0.2, 0.25) is 0 Å². The van der Waals surface area contributed by atoms with Crippen molar-refractivity contribution in [1.29, 1.82) is 0 Å². The number of nitrogens with two attached hydrogens (primary N) is 1. The Morgan fingerprint density at radius 1 is 1.39 bits per heavy atom. The quantitative estimate of drug-likeness (QED) is 0.895. The summed E-state index contributed by atoms with van der Waals surface area (Å²) < 4.78 is 7.75. The molecule has 0 spiro atoms. The monoisotopic (exact) mass is 311 g/mol. The second-order valence-corrected chi connectivity index (χ2v) is 4.60. The number of halogens is 1. The van der Waals surface area contributed by atoms with Crippen molar-refractivity contribution >= 4 is 15.9 Å². The maximum Gasteiger partial charge on any atom is 0.115 e. The molecule has 2 aromatic rings. The van der Waals surface area contributed by atoms with Crippen LogP contribution in [-0.4, -0.2) is 33.5 Å². The van der Waals surface area contributed by atoms with E-state index in [1.54, 1.807) is 25.7 Å². The van der Waals surface area contributed by atoms with Crippen molar-refractivity contribution in [3.05, 3.63) is 40.6 Å². The predicted octanol–water partition coefficient (Wildman–Crippen LogP) is 1.13. The van der Waals surface area contributed by atoms with E-state index in [-0.39, 0.29) is 6.04 Å². The Kier molecular flexibility index (Phi) is 4.40. The Hall–Kier alpha value is -1.31. The van der Waals surface area contributed by atoms with Crippen LogP contribution in [0, 0.1) is 0 Å². The van der Waals surface area contributed by atoms with Crippen LogP contribution in [0.25, 0.3) is 0 Å². The lowest BCUT2D eigenvalue weighted by Crippen LogP contribution is -2.19. The molecule has 0 aromatic carbocycles. The van der Waals surface area contributed by atoms with Crippen LogP contribution in [0.1, 0.15) is 17.3 Å². The largest absolute Gasteiger partial charge is 0.383 e. The average Bonchev–Trinajstić information content (AvgIpc) is 2.77. The highest BCUT2D eigenvalue weighted by atomic mass is 79.9. The minimum atomic E-state index is -0.320. The fourth-order valence-corrected chi connectivity index (χ4v) is 2.21. The topological polar surface area (TPSA) is 78.9 Å². The first kappa shape index (κ1) is 13.1. The Morgan fingerprint density at radius 2 is 2.11 bits per heavy atom. The lowest BCUT2D eigenvalue weighted by molar-refractivity contribution is 0.182. The SMILES string of the molecule is COCCn1ncc(Br)c1C(N)c1cncnc1. The molecule has 2 heterocycles. The lowest BCUT2D eigenvalue weighted by atomic mass is 10.1. The minimum absolute atomic E-state index is 0.320. The summed E-state index contributed by atoms with van der Waals surface area (Å²) in [6.07, 6.45) is 6.62. The first-order valence-electron chi connectivity index (χ1n) is 5.44. The van der Waals surface area contributed by atoms with Gasteiger partial charge in [-0.05, 0) is 15.9 Å². The molecule has 0 saturated heterocycles. The second kappa shape index (κ2) is 6.03. The summed E-state index contributed by atoms with van der Waals surface area (Å²) in [7, 11) is 1.66. The van der Waals surface area contributed by atoms with Gasteiger partial charge in [-0.3, -0.25) is 4.68 Å². The Morgan fingerprint density at radius 3 is 2.78 bits per heavy atom. The van der Waals surface area contributed by atoms with Crippen LogP contribution < -0.4 is 5.73 Å². The Balaban J connectivity index is 2.29. The third-order valence-electron chi connectivity index (χ3n) is 2.57. The van der Waals surface area contributed by atoms with Gasteiger partial charge in [0.05, 0.1) is 35.6 Å². The molecule has 7 heteroatoms. The van der Waals surface area contributed by atoms with Crippen molar-refractivity contribution in [3.63, 3.8) is 0 Å². The zero-order valence-electron chi connectivity index (χ0n) is 9.95. The van der Waals surface area contributed by atoms with Crippen LogP contribution in [-0.2, 0) is 11.3 Å². The van der Waals surface area contributed by atoms with Gasteiger partial charge < -0.3 is 10.5 Å². The van der Waals surface area contributed by atoms with Gasteiger partial charge in [-0.15, -0.1) is 0 Å². The van der Waals surface area contributed by atoms with Crippen molar-refractivity contribution in [3.8, 4) is 0 Å². The first-order valence-corrected chi connectivity index (χ1v) is 6.24. The number of aromatic nitrogens is 4. The lowest BCUT2D eigenvalue weighted by Gasteiger charge is -2.14. The van der Waals surface area contributed by atoms with Gasteiger partial charge in [0.2, 0.25) is 0 Å². The first-order chi connectivity index (χ1) is 8.74. The van der Waals surface area contributed by atoms with Gasteiger partial charge in [-0.2, -0.15) is 5.10 Å². The third kappa shape index (κ3) is 2.74. The van der Waals surface area contributed by atoms with E-state index in [1.807, 2.05) is 4.68 Å². The van der Waals surface area contributed by atoms with E-state index < -0.39 is 0 Å². The van der Waals surface area contributed by atoms with Gasteiger partial charge in [0.1, 0.15) is 6.33 Å². The molecule has 0 aliphatic carbocycles. The van der Waals surface area contributed by atoms with Crippen LogP contribution >= 0.6 is 15.9 Å². The molecule has 0 saturated carbocycles. The number of nitrogens with zero attached hydrogens (tertiary/aromatic N) is 4. The highest BCUT2D eigenvalue weighted by molar-refractivity contribution is 9.10. The van der Waals surface area contributed by atoms with Crippen LogP contribution in [0.3, 0.4) is 0 Å². The van der Waals surface area contributed by atoms with E-state index in [0.717, 1.165) is 15.7 Å².